The number of hydrogen-bond donors (Lipinski definition) is 0. The summed E-state index contributed by atoms with van der Waals surface area (Å²) in [6.07, 6.45) is 0. The predicted molar refractivity (Wildman–Crippen MR) is 49.3 cm³/mol. The van der Waals surface area contributed by atoms with Crippen molar-refractivity contribution < 1.29 is 4.73 Å². The standard InChI is InChI=1S/C9H9ClN2O/c1-5-6(2)8(4-11)9(10)12(13)7(5)3/h1-3H3. The van der Waals surface area contributed by atoms with Gasteiger partial charge in [-0.15, -0.1) is 0 Å². The number of rotatable bonds is 0. The lowest BCUT2D eigenvalue weighted by atomic mass is 10.1. The van der Waals surface area contributed by atoms with Gasteiger partial charge in [0.2, 0.25) is 0 Å². The summed E-state index contributed by atoms with van der Waals surface area (Å²) in [5, 5.41) is 20.1. The Morgan fingerprint density at radius 3 is 2.31 bits per heavy atom. The van der Waals surface area contributed by atoms with Crippen molar-refractivity contribution in [2.24, 2.45) is 0 Å². The molecule has 0 unspecified atom stereocenters. The Morgan fingerprint density at radius 2 is 1.85 bits per heavy atom. The van der Waals surface area contributed by atoms with E-state index in [1.807, 2.05) is 6.07 Å². The molecular formula is C9H9ClN2O. The van der Waals surface area contributed by atoms with E-state index in [0.717, 1.165) is 11.1 Å². The third-order valence-electron chi connectivity index (χ3n) is 2.28. The average Bonchev–Trinajstić information content (AvgIpc) is 2.13. The van der Waals surface area contributed by atoms with Gasteiger partial charge < -0.3 is 5.21 Å². The topological polar surface area (TPSA) is 50.7 Å². The van der Waals surface area contributed by atoms with E-state index >= 15 is 0 Å². The predicted octanol–water partition coefficient (Wildman–Crippen LogP) is 1.77. The van der Waals surface area contributed by atoms with Crippen molar-refractivity contribution in [3.8, 4) is 6.07 Å². The van der Waals surface area contributed by atoms with Crippen molar-refractivity contribution in [3.63, 3.8) is 0 Å². The zero-order chi connectivity index (χ0) is 10.2. The summed E-state index contributed by atoms with van der Waals surface area (Å²) in [4.78, 5) is 0. The van der Waals surface area contributed by atoms with E-state index in [2.05, 4.69) is 0 Å². The molecule has 0 saturated carbocycles. The highest BCUT2D eigenvalue weighted by Crippen LogP contribution is 2.19. The zero-order valence-corrected chi connectivity index (χ0v) is 8.44. The van der Waals surface area contributed by atoms with E-state index in [4.69, 9.17) is 16.9 Å². The van der Waals surface area contributed by atoms with Gasteiger partial charge in [-0.25, -0.2) is 0 Å². The van der Waals surface area contributed by atoms with Crippen LogP contribution >= 0.6 is 11.6 Å². The fourth-order valence-corrected chi connectivity index (χ4v) is 1.46. The third kappa shape index (κ3) is 1.34. The lowest BCUT2D eigenvalue weighted by molar-refractivity contribution is -0.610. The Labute approximate surface area is 81.8 Å². The van der Waals surface area contributed by atoms with Crippen LogP contribution in [0.3, 0.4) is 0 Å². The molecule has 0 amide bonds. The first kappa shape index (κ1) is 9.82. The molecule has 1 rings (SSSR count). The molecule has 0 spiro atoms. The largest absolute Gasteiger partial charge is 0.617 e. The van der Waals surface area contributed by atoms with Gasteiger partial charge in [-0.2, -0.15) is 9.99 Å². The van der Waals surface area contributed by atoms with Crippen LogP contribution in [0.1, 0.15) is 22.4 Å². The molecule has 0 atom stereocenters. The summed E-state index contributed by atoms with van der Waals surface area (Å²) < 4.78 is 0.586. The van der Waals surface area contributed by atoms with Gasteiger partial charge in [-0.3, -0.25) is 0 Å². The molecule has 0 radical (unpaired) electrons. The Hall–Kier alpha value is -1.27. The highest BCUT2D eigenvalue weighted by molar-refractivity contribution is 6.29. The van der Waals surface area contributed by atoms with Crippen LogP contribution in [0.5, 0.6) is 0 Å². The van der Waals surface area contributed by atoms with Crippen molar-refractivity contribution in [1.82, 2.24) is 0 Å². The maximum Gasteiger partial charge on any atom is 0.304 e. The van der Waals surface area contributed by atoms with E-state index in [-0.39, 0.29) is 10.7 Å². The molecule has 0 aromatic carbocycles. The quantitative estimate of drug-likeness (QED) is 0.361. The summed E-state index contributed by atoms with van der Waals surface area (Å²) in [5.74, 6) is 0. The maximum atomic E-state index is 11.4. The summed E-state index contributed by atoms with van der Waals surface area (Å²) in [6, 6.07) is 1.92. The van der Waals surface area contributed by atoms with Crippen molar-refractivity contribution >= 4 is 11.6 Å². The van der Waals surface area contributed by atoms with Gasteiger partial charge in [0.1, 0.15) is 11.6 Å². The number of halogens is 1. The first-order chi connectivity index (χ1) is 6.00. The van der Waals surface area contributed by atoms with Gasteiger partial charge in [-0.05, 0) is 31.0 Å². The molecule has 13 heavy (non-hydrogen) atoms. The molecule has 1 aromatic heterocycles. The van der Waals surface area contributed by atoms with Crippen LogP contribution in [0, 0.1) is 37.3 Å². The highest BCUT2D eigenvalue weighted by atomic mass is 35.5. The van der Waals surface area contributed by atoms with Crippen LogP contribution in [0.4, 0.5) is 0 Å². The fourth-order valence-electron chi connectivity index (χ4n) is 1.14. The van der Waals surface area contributed by atoms with Gasteiger partial charge in [0.15, 0.2) is 5.69 Å². The van der Waals surface area contributed by atoms with E-state index in [1.54, 1.807) is 20.8 Å². The monoisotopic (exact) mass is 196 g/mol. The number of aromatic nitrogens is 1. The molecule has 0 aliphatic rings. The second kappa shape index (κ2) is 3.23. The Kier molecular flexibility index (Phi) is 2.44. The summed E-state index contributed by atoms with van der Waals surface area (Å²) in [6.45, 7) is 5.27. The second-order valence-electron chi connectivity index (χ2n) is 2.91. The summed E-state index contributed by atoms with van der Waals surface area (Å²) in [5.41, 5.74) is 2.40. The Balaban J connectivity index is 3.69. The van der Waals surface area contributed by atoms with Gasteiger partial charge in [0.05, 0.1) is 0 Å². The van der Waals surface area contributed by atoms with Crippen molar-refractivity contribution in [1.29, 1.82) is 5.26 Å². The number of hydrogen-bond acceptors (Lipinski definition) is 2. The lowest BCUT2D eigenvalue weighted by Gasteiger charge is -2.09. The lowest BCUT2D eigenvalue weighted by Crippen LogP contribution is -2.34. The van der Waals surface area contributed by atoms with E-state index < -0.39 is 0 Å². The SMILES string of the molecule is Cc1c(C)c(C)[n+]([O-])c(Cl)c1C#N. The minimum Gasteiger partial charge on any atom is -0.617 e. The van der Waals surface area contributed by atoms with Crippen LogP contribution in [0.15, 0.2) is 0 Å². The first-order valence-electron chi connectivity index (χ1n) is 3.79. The Bertz CT molecular complexity index is 378. The normalized spacial score (nSPS) is 9.77. The number of nitrogens with zero attached hydrogens (tertiary/aromatic N) is 2. The van der Waals surface area contributed by atoms with Crippen LogP contribution in [-0.2, 0) is 0 Å². The number of pyridine rings is 1. The highest BCUT2D eigenvalue weighted by Gasteiger charge is 2.19. The van der Waals surface area contributed by atoms with Gasteiger partial charge >= 0.3 is 5.15 Å². The minimum absolute atomic E-state index is 0.0388. The van der Waals surface area contributed by atoms with Gasteiger partial charge in [0, 0.05) is 12.5 Å². The van der Waals surface area contributed by atoms with E-state index in [1.165, 1.54) is 0 Å². The smallest absolute Gasteiger partial charge is 0.304 e. The van der Waals surface area contributed by atoms with Crippen molar-refractivity contribution in [2.45, 2.75) is 20.8 Å². The molecule has 0 N–H and O–H groups in total. The van der Waals surface area contributed by atoms with Crippen LogP contribution < -0.4 is 4.73 Å². The molecule has 3 nitrogen and oxygen atoms in total. The van der Waals surface area contributed by atoms with Gasteiger partial charge in [0.25, 0.3) is 0 Å². The summed E-state index contributed by atoms with van der Waals surface area (Å²) in [7, 11) is 0. The molecule has 68 valence electrons. The minimum atomic E-state index is -0.0388. The third-order valence-corrected chi connectivity index (χ3v) is 2.62. The van der Waals surface area contributed by atoms with Crippen molar-refractivity contribution in [3.05, 3.63) is 32.7 Å². The molecule has 0 fully saturated rings. The number of nitriles is 1. The molecule has 0 aliphatic carbocycles. The summed E-state index contributed by atoms with van der Waals surface area (Å²) >= 11 is 5.70. The fraction of sp³-hybridized carbons (Fsp3) is 0.333. The van der Waals surface area contributed by atoms with Crippen LogP contribution in [0.2, 0.25) is 5.15 Å². The van der Waals surface area contributed by atoms with Crippen LogP contribution in [0.25, 0.3) is 0 Å². The van der Waals surface area contributed by atoms with Crippen LogP contribution in [-0.4, -0.2) is 0 Å². The molecule has 0 bridgehead atoms. The molecular weight excluding hydrogens is 188 g/mol. The van der Waals surface area contributed by atoms with Gasteiger partial charge in [-0.1, -0.05) is 0 Å². The van der Waals surface area contributed by atoms with E-state index in [0.29, 0.717) is 10.4 Å². The van der Waals surface area contributed by atoms with Crippen molar-refractivity contribution in [2.75, 3.05) is 0 Å². The molecule has 0 saturated heterocycles. The van der Waals surface area contributed by atoms with E-state index in [9.17, 15) is 5.21 Å². The second-order valence-corrected chi connectivity index (χ2v) is 3.27. The first-order valence-corrected chi connectivity index (χ1v) is 4.17. The molecule has 1 heterocycles. The maximum absolute atomic E-state index is 11.4. The molecule has 0 aliphatic heterocycles. The zero-order valence-electron chi connectivity index (χ0n) is 7.68. The molecule has 4 heteroatoms. The molecule has 1 aromatic rings. The average molecular weight is 197 g/mol. The Morgan fingerprint density at radius 1 is 1.31 bits per heavy atom.